The fraction of sp³-hybridized carbons (Fsp3) is 0.345. The van der Waals surface area contributed by atoms with Crippen LogP contribution in [0.25, 0.3) is 11.0 Å². The lowest BCUT2D eigenvalue weighted by molar-refractivity contribution is 0.332. The molecule has 5 heteroatoms. The number of furan rings is 1. The van der Waals surface area contributed by atoms with Gasteiger partial charge in [0, 0.05) is 50.4 Å². The predicted octanol–water partition coefficient (Wildman–Crippen LogP) is 14.2. The molecule has 0 bridgehead atoms. The third kappa shape index (κ3) is 5.87. The molecule has 0 saturated carbocycles. The molecule has 1 aromatic heterocycles. The highest BCUT2D eigenvalue weighted by Crippen LogP contribution is 2.53. The second-order valence-corrected chi connectivity index (χ2v) is 23.0. The van der Waals surface area contributed by atoms with Crippen molar-refractivity contribution in [2.24, 2.45) is 0 Å². The molecule has 0 unspecified atom stereocenters. The number of hydrogen-bond donors (Lipinski definition) is 0. The molecule has 0 saturated heterocycles. The molecule has 0 radical (unpaired) electrons. The topological polar surface area (TPSA) is 28.9 Å². The van der Waals surface area contributed by atoms with Gasteiger partial charge in [0.1, 0.15) is 17.1 Å². The van der Waals surface area contributed by atoms with Gasteiger partial charge in [-0.25, -0.2) is 0 Å². The van der Waals surface area contributed by atoms with Crippen LogP contribution >= 0.6 is 0 Å². The standard InChI is InChI=1S/C58H61BN2O2/c1-34-28-46-51-47(29-34)61(38-21-25-50-43(33-38)58(12,13)41-16-14-15-17-49(41)62-50)52-39-30-35(54(2,3)4)19-24-48(39)63-53(52)59(51)44-31-36(55(5,6)7)18-23-45(44)60(46)37-20-22-40-42(32-37)57(10,11)27-26-56(40,8)9/h14-25,28-33H,26-27H2,1-13H3. The number of anilines is 6. The summed E-state index contributed by atoms with van der Waals surface area (Å²) in [4.78, 5) is 5.11. The average molecular weight is 829 g/mol. The van der Waals surface area contributed by atoms with E-state index < -0.39 is 0 Å². The van der Waals surface area contributed by atoms with E-state index in [2.05, 4.69) is 209 Å². The molecular formula is C58H61BN2O2. The van der Waals surface area contributed by atoms with Crippen molar-refractivity contribution >= 4 is 68.4 Å². The van der Waals surface area contributed by atoms with E-state index in [1.54, 1.807) is 0 Å². The van der Waals surface area contributed by atoms with Gasteiger partial charge < -0.3 is 19.0 Å². The molecule has 318 valence electrons. The lowest BCUT2D eigenvalue weighted by atomic mass is 9.35. The molecular weight excluding hydrogens is 767 g/mol. The van der Waals surface area contributed by atoms with Crippen LogP contribution in [-0.2, 0) is 27.1 Å². The van der Waals surface area contributed by atoms with E-state index in [4.69, 9.17) is 9.15 Å². The highest BCUT2D eigenvalue weighted by Gasteiger charge is 2.48. The molecule has 0 N–H and O–H groups in total. The summed E-state index contributed by atoms with van der Waals surface area (Å²) >= 11 is 0. The lowest BCUT2D eigenvalue weighted by Crippen LogP contribution is -2.61. The minimum atomic E-state index is -0.279. The smallest absolute Gasteiger partial charge is 0.297 e. The van der Waals surface area contributed by atoms with Crippen LogP contribution in [0, 0.1) is 6.92 Å². The molecule has 7 aromatic rings. The molecule has 63 heavy (non-hydrogen) atoms. The molecule has 11 rings (SSSR count). The molecule has 0 amide bonds. The molecule has 1 aliphatic carbocycles. The van der Waals surface area contributed by atoms with E-state index >= 15 is 0 Å². The monoisotopic (exact) mass is 828 g/mol. The van der Waals surface area contributed by atoms with Gasteiger partial charge in [0.25, 0.3) is 6.71 Å². The van der Waals surface area contributed by atoms with E-state index in [0.717, 1.165) is 39.5 Å². The van der Waals surface area contributed by atoms with E-state index in [9.17, 15) is 0 Å². The Kier molecular flexibility index (Phi) is 8.26. The molecule has 0 spiro atoms. The quantitative estimate of drug-likeness (QED) is 0.162. The number of para-hydroxylation sites is 1. The van der Waals surface area contributed by atoms with E-state index in [1.165, 1.54) is 85.5 Å². The van der Waals surface area contributed by atoms with Crippen molar-refractivity contribution in [3.8, 4) is 11.5 Å². The highest BCUT2D eigenvalue weighted by atomic mass is 16.5. The first-order chi connectivity index (χ1) is 29.6. The Hall–Kier alpha value is -5.68. The maximum atomic E-state index is 7.35. The van der Waals surface area contributed by atoms with Gasteiger partial charge in [-0.05, 0) is 147 Å². The van der Waals surface area contributed by atoms with Crippen LogP contribution in [0.1, 0.15) is 135 Å². The predicted molar refractivity (Wildman–Crippen MR) is 266 cm³/mol. The van der Waals surface area contributed by atoms with Crippen molar-refractivity contribution < 1.29 is 9.15 Å². The highest BCUT2D eigenvalue weighted by molar-refractivity contribution is 7.00. The summed E-state index contributed by atoms with van der Waals surface area (Å²) in [6, 6.07) is 41.6. The Morgan fingerprint density at radius 1 is 0.556 bits per heavy atom. The zero-order valence-corrected chi connectivity index (χ0v) is 39.6. The first-order valence-corrected chi connectivity index (χ1v) is 23.2. The summed E-state index contributed by atoms with van der Waals surface area (Å²) in [5.41, 5.74) is 20.5. The lowest BCUT2D eigenvalue weighted by Gasteiger charge is -2.45. The minimum absolute atomic E-state index is 0.0434. The molecule has 0 fully saturated rings. The van der Waals surface area contributed by atoms with E-state index in [1.807, 2.05) is 0 Å². The van der Waals surface area contributed by atoms with E-state index in [0.29, 0.717) is 0 Å². The van der Waals surface area contributed by atoms with Crippen LogP contribution in [0.4, 0.5) is 34.1 Å². The average Bonchev–Trinajstić information content (AvgIpc) is 3.60. The fourth-order valence-electron chi connectivity index (χ4n) is 11.4. The second kappa shape index (κ2) is 13.0. The van der Waals surface area contributed by atoms with Crippen molar-refractivity contribution in [2.75, 3.05) is 9.80 Å². The Labute approximate surface area is 375 Å². The van der Waals surface area contributed by atoms with Crippen molar-refractivity contribution in [1.82, 2.24) is 0 Å². The van der Waals surface area contributed by atoms with Gasteiger partial charge in [0.2, 0.25) is 0 Å². The molecule has 3 aliphatic heterocycles. The molecule has 0 atom stereocenters. The third-order valence-corrected chi connectivity index (χ3v) is 15.3. The number of rotatable bonds is 2. The Morgan fingerprint density at radius 2 is 1.16 bits per heavy atom. The van der Waals surface area contributed by atoms with Crippen molar-refractivity contribution in [3.63, 3.8) is 0 Å². The number of benzene rings is 6. The summed E-state index contributed by atoms with van der Waals surface area (Å²) in [5.74, 6) is 1.83. The Balaban J connectivity index is 1.23. The number of fused-ring (bicyclic) bond motifs is 9. The maximum absolute atomic E-state index is 7.35. The maximum Gasteiger partial charge on any atom is 0.297 e. The van der Waals surface area contributed by atoms with Gasteiger partial charge in [-0.15, -0.1) is 0 Å². The van der Waals surface area contributed by atoms with Crippen LogP contribution in [0.3, 0.4) is 0 Å². The van der Waals surface area contributed by atoms with E-state index in [-0.39, 0.29) is 33.8 Å². The first-order valence-electron chi connectivity index (χ1n) is 23.2. The van der Waals surface area contributed by atoms with Gasteiger partial charge in [0.15, 0.2) is 0 Å². The molecule has 4 heterocycles. The second-order valence-electron chi connectivity index (χ2n) is 23.0. The van der Waals surface area contributed by atoms with Crippen LogP contribution < -0.4 is 31.1 Å². The van der Waals surface area contributed by atoms with Gasteiger partial charge in [0.05, 0.1) is 11.3 Å². The van der Waals surface area contributed by atoms with Gasteiger partial charge in [-0.1, -0.05) is 126 Å². The number of nitrogens with zero attached hydrogens (tertiary/aromatic N) is 2. The van der Waals surface area contributed by atoms with Crippen molar-refractivity contribution in [3.05, 3.63) is 148 Å². The Bertz CT molecular complexity index is 3080. The van der Waals surface area contributed by atoms with Crippen LogP contribution in [0.5, 0.6) is 11.5 Å². The largest absolute Gasteiger partial charge is 0.468 e. The van der Waals surface area contributed by atoms with Gasteiger partial charge in [-0.2, -0.15) is 0 Å². The summed E-state index contributed by atoms with van der Waals surface area (Å²) < 4.78 is 14.0. The zero-order chi connectivity index (χ0) is 44.3. The number of aryl methyl sites for hydroxylation is 1. The van der Waals surface area contributed by atoms with Gasteiger partial charge in [-0.3, -0.25) is 0 Å². The first kappa shape index (κ1) is 40.1. The third-order valence-electron chi connectivity index (χ3n) is 15.3. The van der Waals surface area contributed by atoms with Crippen molar-refractivity contribution in [1.29, 1.82) is 0 Å². The van der Waals surface area contributed by atoms with Crippen LogP contribution in [0.15, 0.2) is 114 Å². The summed E-state index contributed by atoms with van der Waals surface area (Å²) in [5, 5.41) is 1.14. The van der Waals surface area contributed by atoms with Crippen LogP contribution in [0.2, 0.25) is 0 Å². The summed E-state index contributed by atoms with van der Waals surface area (Å²) in [6.45, 7) is 30.4. The Morgan fingerprint density at radius 3 is 1.89 bits per heavy atom. The number of ether oxygens (including phenoxy) is 1. The summed E-state index contributed by atoms with van der Waals surface area (Å²) in [7, 11) is 0. The molecule has 4 aliphatic rings. The molecule has 4 nitrogen and oxygen atoms in total. The molecule has 6 aromatic carbocycles. The number of hydrogen-bond acceptors (Lipinski definition) is 4. The normalized spacial score (nSPS) is 17.6. The van der Waals surface area contributed by atoms with Crippen molar-refractivity contribution in [2.45, 2.75) is 130 Å². The summed E-state index contributed by atoms with van der Waals surface area (Å²) in [6.07, 6.45) is 2.35. The SMILES string of the molecule is Cc1cc2c3c(c1)N(c1ccc4c(c1)C(C)(C)c1ccccc1O4)c1c(oc4ccc(C(C)(C)C)cc14)B3c1cc(C(C)(C)C)ccc1N2c1ccc2c(c1)C(C)(C)CCC2(C)C. The fourth-order valence-corrected chi connectivity index (χ4v) is 11.4. The van der Waals surface area contributed by atoms with Crippen LogP contribution in [-0.4, -0.2) is 6.71 Å². The van der Waals surface area contributed by atoms with Gasteiger partial charge >= 0.3 is 0 Å². The minimum Gasteiger partial charge on any atom is -0.468 e. The zero-order valence-electron chi connectivity index (χ0n) is 39.6.